The van der Waals surface area contributed by atoms with E-state index in [-0.39, 0.29) is 0 Å². The Morgan fingerprint density at radius 2 is 1.62 bits per heavy atom. The van der Waals surface area contributed by atoms with E-state index < -0.39 is 0 Å². The molecule has 0 atom stereocenters. The van der Waals surface area contributed by atoms with Gasteiger partial charge >= 0.3 is 0 Å². The molecule has 0 aliphatic carbocycles. The highest BCUT2D eigenvalue weighted by atomic mass is 15.6. The summed E-state index contributed by atoms with van der Waals surface area (Å²) in [5.74, 6) is 0. The van der Waals surface area contributed by atoms with Gasteiger partial charge in [-0.1, -0.05) is 47.6 Å². The lowest BCUT2D eigenvalue weighted by atomic mass is 10.1. The molecule has 0 aromatic heterocycles. The average Bonchev–Trinajstić information content (AvgIpc) is 2.25. The van der Waals surface area contributed by atoms with E-state index in [1.807, 2.05) is 27.4 Å². The van der Waals surface area contributed by atoms with E-state index in [4.69, 9.17) is 0 Å². The van der Waals surface area contributed by atoms with Crippen LogP contribution in [0, 0.1) is 0 Å². The zero-order chi connectivity index (χ0) is 11.6. The Morgan fingerprint density at radius 1 is 0.938 bits per heavy atom. The lowest BCUT2D eigenvalue weighted by Crippen LogP contribution is -2.27. The average molecular weight is 213 g/mol. The Kier molecular flexibility index (Phi) is 2.75. The van der Waals surface area contributed by atoms with Gasteiger partial charge < -0.3 is 0 Å². The van der Waals surface area contributed by atoms with E-state index in [1.165, 1.54) is 16.3 Å². The second kappa shape index (κ2) is 4.06. The van der Waals surface area contributed by atoms with Gasteiger partial charge in [-0.05, 0) is 10.8 Å². The summed E-state index contributed by atoms with van der Waals surface area (Å²) in [6, 6.07) is 14.7. The van der Waals surface area contributed by atoms with Crippen molar-refractivity contribution in [1.29, 1.82) is 0 Å². The van der Waals surface area contributed by atoms with Crippen LogP contribution in [-0.4, -0.2) is 31.9 Å². The summed E-state index contributed by atoms with van der Waals surface area (Å²) in [4.78, 5) is 0. The molecule has 2 rings (SSSR count). The van der Waals surface area contributed by atoms with Gasteiger partial charge in [0.2, 0.25) is 0 Å². The van der Waals surface area contributed by atoms with Crippen molar-refractivity contribution >= 4 is 17.0 Å². The van der Waals surface area contributed by atoms with Crippen LogP contribution in [0.15, 0.2) is 47.6 Å². The van der Waals surface area contributed by atoms with E-state index in [0.717, 1.165) is 0 Å². The maximum Gasteiger partial charge on any atom is 0.0923 e. The quantitative estimate of drug-likeness (QED) is 0.413. The van der Waals surface area contributed by atoms with Gasteiger partial charge in [0.05, 0.1) is 27.4 Å². The SMILES string of the molecule is C[N+](C)(C)/N=C\c1cccc2ccccc12. The highest BCUT2D eigenvalue weighted by Crippen LogP contribution is 2.16. The fraction of sp³-hybridized carbons (Fsp3) is 0.214. The molecule has 0 fully saturated rings. The molecule has 0 saturated heterocycles. The van der Waals surface area contributed by atoms with Gasteiger partial charge in [0.25, 0.3) is 0 Å². The highest BCUT2D eigenvalue weighted by Gasteiger charge is 2.03. The molecule has 0 aliphatic heterocycles. The molecular weight excluding hydrogens is 196 g/mol. The van der Waals surface area contributed by atoms with Crippen LogP contribution in [0.3, 0.4) is 0 Å². The Labute approximate surface area is 96.4 Å². The van der Waals surface area contributed by atoms with E-state index in [1.54, 1.807) is 0 Å². The third-order valence-corrected chi connectivity index (χ3v) is 2.37. The molecule has 2 heteroatoms. The first kappa shape index (κ1) is 10.8. The summed E-state index contributed by atoms with van der Waals surface area (Å²) >= 11 is 0. The predicted molar refractivity (Wildman–Crippen MR) is 69.6 cm³/mol. The normalized spacial score (nSPS) is 12.4. The van der Waals surface area contributed by atoms with Crippen LogP contribution in [-0.2, 0) is 0 Å². The summed E-state index contributed by atoms with van der Waals surface area (Å²) in [5.41, 5.74) is 1.17. The molecule has 16 heavy (non-hydrogen) atoms. The Morgan fingerprint density at radius 3 is 2.38 bits per heavy atom. The lowest BCUT2D eigenvalue weighted by Gasteiger charge is -2.14. The maximum atomic E-state index is 4.49. The van der Waals surface area contributed by atoms with Crippen LogP contribution in [0.5, 0.6) is 0 Å². The van der Waals surface area contributed by atoms with Crippen LogP contribution in [0.1, 0.15) is 5.56 Å². The smallest absolute Gasteiger partial charge is 0.0923 e. The van der Waals surface area contributed by atoms with Gasteiger partial charge in [0, 0.05) is 5.56 Å². The maximum absolute atomic E-state index is 4.49. The van der Waals surface area contributed by atoms with E-state index >= 15 is 0 Å². The summed E-state index contributed by atoms with van der Waals surface area (Å²) in [7, 11) is 6.13. The fourth-order valence-electron chi connectivity index (χ4n) is 1.60. The van der Waals surface area contributed by atoms with Crippen molar-refractivity contribution in [2.45, 2.75) is 0 Å². The molecule has 0 unspecified atom stereocenters. The van der Waals surface area contributed by atoms with Crippen molar-refractivity contribution in [2.24, 2.45) is 5.10 Å². The van der Waals surface area contributed by atoms with Gasteiger partial charge in [0.15, 0.2) is 0 Å². The van der Waals surface area contributed by atoms with Crippen LogP contribution < -0.4 is 0 Å². The number of hydrogen-bond acceptors (Lipinski definition) is 1. The van der Waals surface area contributed by atoms with Crippen LogP contribution in [0.4, 0.5) is 0 Å². The van der Waals surface area contributed by atoms with Gasteiger partial charge in [-0.2, -0.15) is 0 Å². The van der Waals surface area contributed by atoms with Crippen molar-refractivity contribution in [2.75, 3.05) is 21.1 Å². The molecule has 0 radical (unpaired) electrons. The van der Waals surface area contributed by atoms with Gasteiger partial charge in [0.1, 0.15) is 0 Å². The predicted octanol–water partition coefficient (Wildman–Crippen LogP) is 2.88. The topological polar surface area (TPSA) is 12.4 Å². The zero-order valence-corrected chi connectivity index (χ0v) is 10.0. The molecular formula is C14H17N2+. The van der Waals surface area contributed by atoms with Crippen LogP contribution in [0.2, 0.25) is 0 Å². The first-order chi connectivity index (χ1) is 7.56. The number of quaternary nitrogens is 1. The van der Waals surface area contributed by atoms with E-state index in [2.05, 4.69) is 47.6 Å². The van der Waals surface area contributed by atoms with Gasteiger partial charge in [-0.3, -0.25) is 0 Å². The third-order valence-electron chi connectivity index (χ3n) is 2.37. The van der Waals surface area contributed by atoms with Crippen molar-refractivity contribution in [3.63, 3.8) is 0 Å². The summed E-state index contributed by atoms with van der Waals surface area (Å²) < 4.78 is 0.587. The largest absolute Gasteiger partial charge is 0.205 e. The van der Waals surface area contributed by atoms with Gasteiger partial charge in [-0.25, -0.2) is 4.59 Å². The lowest BCUT2D eigenvalue weighted by molar-refractivity contribution is -0.876. The van der Waals surface area contributed by atoms with Crippen LogP contribution in [0.25, 0.3) is 10.8 Å². The van der Waals surface area contributed by atoms with E-state index in [0.29, 0.717) is 4.59 Å². The Bertz CT molecular complexity index is 516. The monoisotopic (exact) mass is 213 g/mol. The Balaban J connectivity index is 2.49. The minimum absolute atomic E-state index is 0.587. The molecule has 2 aromatic carbocycles. The minimum atomic E-state index is 0.587. The fourth-order valence-corrected chi connectivity index (χ4v) is 1.60. The number of fused-ring (bicyclic) bond motifs is 1. The van der Waals surface area contributed by atoms with Crippen molar-refractivity contribution in [1.82, 2.24) is 0 Å². The first-order valence-corrected chi connectivity index (χ1v) is 5.41. The molecule has 2 aromatic rings. The molecule has 0 spiro atoms. The molecule has 2 nitrogen and oxygen atoms in total. The molecule has 0 saturated carbocycles. The zero-order valence-electron chi connectivity index (χ0n) is 10.0. The second-order valence-corrected chi connectivity index (χ2v) is 4.75. The molecule has 0 amide bonds. The molecule has 0 aliphatic rings. The second-order valence-electron chi connectivity index (χ2n) is 4.75. The first-order valence-electron chi connectivity index (χ1n) is 5.41. The van der Waals surface area contributed by atoms with Gasteiger partial charge in [-0.15, -0.1) is 0 Å². The van der Waals surface area contributed by atoms with Crippen molar-refractivity contribution < 1.29 is 4.59 Å². The molecule has 0 bridgehead atoms. The summed E-state index contributed by atoms with van der Waals surface area (Å²) in [6.07, 6.45) is 1.95. The van der Waals surface area contributed by atoms with Crippen LogP contribution >= 0.6 is 0 Å². The number of nitrogens with zero attached hydrogens (tertiary/aromatic N) is 2. The highest BCUT2D eigenvalue weighted by molar-refractivity contribution is 5.99. The summed E-state index contributed by atoms with van der Waals surface area (Å²) in [5, 5.41) is 7.00. The minimum Gasteiger partial charge on any atom is -0.205 e. The Hall–Kier alpha value is -1.67. The van der Waals surface area contributed by atoms with Crippen molar-refractivity contribution in [3.8, 4) is 0 Å². The van der Waals surface area contributed by atoms with Crippen molar-refractivity contribution in [3.05, 3.63) is 48.0 Å². The summed E-state index contributed by atoms with van der Waals surface area (Å²) in [6.45, 7) is 0. The third kappa shape index (κ3) is 2.47. The number of hydrogen-bond donors (Lipinski definition) is 0. The molecule has 0 heterocycles. The number of rotatable bonds is 2. The molecule has 82 valence electrons. The number of benzene rings is 2. The van der Waals surface area contributed by atoms with E-state index in [9.17, 15) is 0 Å². The molecule has 0 N–H and O–H groups in total. The standard InChI is InChI=1S/C14H17N2/c1-16(2,3)15-11-13-9-6-8-12-7-4-5-10-14(12)13/h4-11H,1-3H3/q+1/b15-11-.